The molecule has 7 heteroatoms. The largest absolute Gasteiger partial charge is 0.419 e. The van der Waals surface area contributed by atoms with Crippen molar-refractivity contribution in [3.63, 3.8) is 0 Å². The molecule has 0 aromatic carbocycles. The Morgan fingerprint density at radius 1 is 1.12 bits per heavy atom. The molecule has 1 unspecified atom stereocenters. The second-order valence-corrected chi connectivity index (χ2v) is 6.56. The van der Waals surface area contributed by atoms with Crippen molar-refractivity contribution in [3.05, 3.63) is 60.5 Å². The van der Waals surface area contributed by atoms with E-state index in [0.717, 1.165) is 37.2 Å². The van der Waals surface area contributed by atoms with Crippen LogP contribution in [0.5, 0.6) is 0 Å². The van der Waals surface area contributed by atoms with Crippen molar-refractivity contribution in [1.29, 1.82) is 0 Å². The average Bonchev–Trinajstić information content (AvgIpc) is 3.18. The number of hydrogen-bond donors (Lipinski definition) is 1. The number of rotatable bonds is 5. The van der Waals surface area contributed by atoms with Gasteiger partial charge in [-0.25, -0.2) is 0 Å². The molecule has 0 spiro atoms. The molecule has 0 bridgehead atoms. The first kappa shape index (κ1) is 16.8. The maximum atomic E-state index is 10.5. The quantitative estimate of drug-likeness (QED) is 0.755. The Morgan fingerprint density at radius 2 is 2.00 bits per heavy atom. The smallest absolute Gasteiger partial charge is 0.249 e. The van der Waals surface area contributed by atoms with Crippen molar-refractivity contribution in [2.75, 3.05) is 13.1 Å². The van der Waals surface area contributed by atoms with Gasteiger partial charge in [0.2, 0.25) is 11.8 Å². The second-order valence-electron chi connectivity index (χ2n) is 6.56. The lowest BCUT2D eigenvalue weighted by Gasteiger charge is -2.33. The van der Waals surface area contributed by atoms with Gasteiger partial charge >= 0.3 is 0 Å². The Labute approximate surface area is 151 Å². The summed E-state index contributed by atoms with van der Waals surface area (Å²) in [4.78, 5) is 10.6. The molecule has 3 aromatic rings. The lowest BCUT2D eigenvalue weighted by molar-refractivity contribution is 0.0517. The number of aliphatic hydroxyl groups excluding tert-OH is 1. The molecule has 1 saturated heterocycles. The molecule has 1 aliphatic rings. The van der Waals surface area contributed by atoms with E-state index in [4.69, 9.17) is 4.42 Å². The molecule has 7 nitrogen and oxygen atoms in total. The molecular formula is C19H21N5O2. The van der Waals surface area contributed by atoms with Gasteiger partial charge in [-0.1, -0.05) is 6.07 Å². The third kappa shape index (κ3) is 3.79. The number of nitrogens with zero attached hydrogens (tertiary/aromatic N) is 5. The molecule has 0 saturated carbocycles. The zero-order chi connectivity index (χ0) is 17.8. The summed E-state index contributed by atoms with van der Waals surface area (Å²) in [5, 5.41) is 18.8. The molecule has 26 heavy (non-hydrogen) atoms. The monoisotopic (exact) mass is 351 g/mol. The SMILES string of the molecule is OC(c1ccccn1)C1CCN(Cc2nnc(-c3cccnc3)o2)CC1. The van der Waals surface area contributed by atoms with Gasteiger partial charge in [0.15, 0.2) is 0 Å². The van der Waals surface area contributed by atoms with Gasteiger partial charge in [-0.05, 0) is 56.1 Å². The van der Waals surface area contributed by atoms with Crippen molar-refractivity contribution in [2.24, 2.45) is 5.92 Å². The van der Waals surface area contributed by atoms with Crippen LogP contribution in [0.2, 0.25) is 0 Å². The lowest BCUT2D eigenvalue weighted by Crippen LogP contribution is -2.35. The van der Waals surface area contributed by atoms with Crippen LogP contribution in [0, 0.1) is 5.92 Å². The fraction of sp³-hybridized carbons (Fsp3) is 0.368. The molecule has 0 radical (unpaired) electrons. The fourth-order valence-electron chi connectivity index (χ4n) is 3.33. The molecule has 134 valence electrons. The Balaban J connectivity index is 1.32. The van der Waals surface area contributed by atoms with Gasteiger partial charge in [0.1, 0.15) is 0 Å². The van der Waals surface area contributed by atoms with Crippen LogP contribution < -0.4 is 0 Å². The van der Waals surface area contributed by atoms with Crippen molar-refractivity contribution >= 4 is 0 Å². The van der Waals surface area contributed by atoms with Crippen molar-refractivity contribution in [3.8, 4) is 11.5 Å². The first-order chi connectivity index (χ1) is 12.8. The number of likely N-dealkylation sites (tertiary alicyclic amines) is 1. The molecule has 4 heterocycles. The summed E-state index contributed by atoms with van der Waals surface area (Å²) in [5.74, 6) is 1.33. The number of aliphatic hydroxyl groups is 1. The van der Waals surface area contributed by atoms with E-state index in [-0.39, 0.29) is 5.92 Å². The number of pyridine rings is 2. The standard InChI is InChI=1S/C19H21N5O2/c25-18(16-5-1-2-9-21-16)14-6-10-24(11-7-14)13-17-22-23-19(26-17)15-4-3-8-20-12-15/h1-5,8-9,12,14,18,25H,6-7,10-11,13H2. The summed E-state index contributed by atoms with van der Waals surface area (Å²) in [7, 11) is 0. The number of hydrogen-bond acceptors (Lipinski definition) is 7. The molecule has 0 amide bonds. The van der Waals surface area contributed by atoms with E-state index < -0.39 is 6.10 Å². The first-order valence-corrected chi connectivity index (χ1v) is 8.84. The fourth-order valence-corrected chi connectivity index (χ4v) is 3.33. The van der Waals surface area contributed by atoms with Crippen molar-refractivity contribution in [2.45, 2.75) is 25.5 Å². The molecule has 1 N–H and O–H groups in total. The van der Waals surface area contributed by atoms with Gasteiger partial charge in [-0.2, -0.15) is 0 Å². The maximum Gasteiger partial charge on any atom is 0.249 e. The van der Waals surface area contributed by atoms with Crippen molar-refractivity contribution in [1.82, 2.24) is 25.1 Å². The lowest BCUT2D eigenvalue weighted by atomic mass is 9.89. The minimum Gasteiger partial charge on any atom is -0.419 e. The van der Waals surface area contributed by atoms with Gasteiger partial charge < -0.3 is 9.52 Å². The van der Waals surface area contributed by atoms with E-state index in [0.29, 0.717) is 18.3 Å². The van der Waals surface area contributed by atoms with E-state index >= 15 is 0 Å². The van der Waals surface area contributed by atoms with E-state index in [2.05, 4.69) is 25.1 Å². The summed E-state index contributed by atoms with van der Waals surface area (Å²) in [6.45, 7) is 2.40. The highest BCUT2D eigenvalue weighted by Crippen LogP contribution is 2.30. The Kier molecular flexibility index (Phi) is 4.99. The molecule has 4 rings (SSSR count). The summed E-state index contributed by atoms with van der Waals surface area (Å²) in [6, 6.07) is 9.40. The highest BCUT2D eigenvalue weighted by molar-refractivity contribution is 5.49. The van der Waals surface area contributed by atoms with E-state index in [1.54, 1.807) is 18.6 Å². The minimum atomic E-state index is -0.501. The first-order valence-electron chi connectivity index (χ1n) is 8.84. The molecule has 3 aromatic heterocycles. The van der Waals surface area contributed by atoms with Crippen LogP contribution in [0.4, 0.5) is 0 Å². The summed E-state index contributed by atoms with van der Waals surface area (Å²) in [6.07, 6.45) is 6.48. The summed E-state index contributed by atoms with van der Waals surface area (Å²) < 4.78 is 5.75. The van der Waals surface area contributed by atoms with Crippen LogP contribution in [0.3, 0.4) is 0 Å². The van der Waals surface area contributed by atoms with Crippen LogP contribution in [-0.4, -0.2) is 43.3 Å². The summed E-state index contributed by atoms with van der Waals surface area (Å²) >= 11 is 0. The zero-order valence-corrected chi connectivity index (χ0v) is 14.4. The van der Waals surface area contributed by atoms with Crippen LogP contribution in [-0.2, 0) is 6.54 Å². The normalized spacial score (nSPS) is 17.3. The van der Waals surface area contributed by atoms with Crippen LogP contribution in [0.25, 0.3) is 11.5 Å². The molecule has 0 aliphatic carbocycles. The van der Waals surface area contributed by atoms with Crippen LogP contribution in [0.1, 0.15) is 30.5 Å². The molecular weight excluding hydrogens is 330 g/mol. The number of piperidine rings is 1. The molecule has 1 atom stereocenters. The minimum absolute atomic E-state index is 0.231. The third-order valence-corrected chi connectivity index (χ3v) is 4.80. The van der Waals surface area contributed by atoms with Gasteiger partial charge in [-0.3, -0.25) is 14.9 Å². The van der Waals surface area contributed by atoms with E-state index in [1.165, 1.54) is 0 Å². The molecule has 1 aliphatic heterocycles. The van der Waals surface area contributed by atoms with Crippen molar-refractivity contribution < 1.29 is 9.52 Å². The predicted octanol–water partition coefficient (Wildman–Crippen LogP) is 2.47. The molecule has 1 fully saturated rings. The van der Waals surface area contributed by atoms with Gasteiger partial charge in [0.25, 0.3) is 0 Å². The van der Waals surface area contributed by atoms with E-state index in [1.807, 2.05) is 30.3 Å². The maximum absolute atomic E-state index is 10.5. The topological polar surface area (TPSA) is 88.2 Å². The highest BCUT2D eigenvalue weighted by Gasteiger charge is 2.27. The average molecular weight is 351 g/mol. The Bertz CT molecular complexity index is 816. The highest BCUT2D eigenvalue weighted by atomic mass is 16.4. The number of aromatic nitrogens is 4. The second kappa shape index (κ2) is 7.72. The Morgan fingerprint density at radius 3 is 2.73 bits per heavy atom. The van der Waals surface area contributed by atoms with Gasteiger partial charge in [0, 0.05) is 18.6 Å². The zero-order valence-electron chi connectivity index (χ0n) is 14.4. The van der Waals surface area contributed by atoms with Crippen LogP contribution >= 0.6 is 0 Å². The van der Waals surface area contributed by atoms with E-state index in [9.17, 15) is 5.11 Å². The summed E-state index contributed by atoms with van der Waals surface area (Å²) in [5.41, 5.74) is 1.58. The van der Waals surface area contributed by atoms with Gasteiger partial charge in [-0.15, -0.1) is 10.2 Å². The van der Waals surface area contributed by atoms with Gasteiger partial charge in [0.05, 0.1) is 23.9 Å². The Hall–Kier alpha value is -2.64. The van der Waals surface area contributed by atoms with Crippen LogP contribution in [0.15, 0.2) is 53.3 Å². The predicted molar refractivity (Wildman–Crippen MR) is 94.7 cm³/mol. The third-order valence-electron chi connectivity index (χ3n) is 4.80.